The maximum Gasteiger partial charge on any atom is 0.101 e. The van der Waals surface area contributed by atoms with E-state index in [0.717, 1.165) is 16.6 Å². The molecule has 2 aromatic heterocycles. The number of aromatic amines is 1. The average Bonchev–Trinajstić information content (AvgIpc) is 2.49. The van der Waals surface area contributed by atoms with E-state index in [1.165, 1.54) is 0 Å². The Balaban J connectivity index is 2.95. The summed E-state index contributed by atoms with van der Waals surface area (Å²) in [4.78, 5) is 7.13. The highest BCUT2D eigenvalue weighted by Gasteiger charge is 2.04. The van der Waals surface area contributed by atoms with Crippen LogP contribution in [-0.2, 0) is 0 Å². The minimum absolute atomic E-state index is 0.663. The van der Waals surface area contributed by atoms with Crippen molar-refractivity contribution in [2.75, 3.05) is 0 Å². The summed E-state index contributed by atoms with van der Waals surface area (Å²) >= 11 is 0. The van der Waals surface area contributed by atoms with E-state index in [-0.39, 0.29) is 0 Å². The molecule has 2 rings (SSSR count). The molecule has 0 aliphatic carbocycles. The van der Waals surface area contributed by atoms with Crippen LogP contribution in [0.15, 0.2) is 18.5 Å². The Kier molecular flexibility index (Phi) is 1.34. The Morgan fingerprint density at radius 3 is 3.17 bits per heavy atom. The zero-order chi connectivity index (χ0) is 8.55. The number of H-pyrrole nitrogens is 1. The molecule has 1 N–H and O–H groups in total. The van der Waals surface area contributed by atoms with Gasteiger partial charge in [0.15, 0.2) is 0 Å². The molecule has 0 aliphatic rings. The summed E-state index contributed by atoms with van der Waals surface area (Å²) in [5.74, 6) is 0. The van der Waals surface area contributed by atoms with Gasteiger partial charge in [-0.05, 0) is 13.0 Å². The molecule has 0 spiro atoms. The summed E-state index contributed by atoms with van der Waals surface area (Å²) < 4.78 is 0. The van der Waals surface area contributed by atoms with Crippen molar-refractivity contribution < 1.29 is 0 Å². The molecule has 3 nitrogen and oxygen atoms in total. The lowest BCUT2D eigenvalue weighted by atomic mass is 10.2. The third kappa shape index (κ3) is 0.785. The van der Waals surface area contributed by atoms with E-state index in [1.807, 2.05) is 13.0 Å². The van der Waals surface area contributed by atoms with Crippen molar-refractivity contribution >= 4 is 10.9 Å². The Morgan fingerprint density at radius 2 is 2.42 bits per heavy atom. The SMILES string of the molecule is Cc1nccc2[nH]cc(C#N)c12. The number of rotatable bonds is 0. The van der Waals surface area contributed by atoms with Crippen molar-refractivity contribution in [1.82, 2.24) is 9.97 Å². The lowest BCUT2D eigenvalue weighted by Crippen LogP contribution is -1.81. The molecule has 58 valence electrons. The van der Waals surface area contributed by atoms with Crippen LogP contribution in [0.25, 0.3) is 10.9 Å². The largest absolute Gasteiger partial charge is 0.360 e. The average molecular weight is 157 g/mol. The van der Waals surface area contributed by atoms with Crippen LogP contribution >= 0.6 is 0 Å². The van der Waals surface area contributed by atoms with Crippen molar-refractivity contribution in [3.63, 3.8) is 0 Å². The van der Waals surface area contributed by atoms with Gasteiger partial charge >= 0.3 is 0 Å². The summed E-state index contributed by atoms with van der Waals surface area (Å²) in [5.41, 5.74) is 2.53. The second kappa shape index (κ2) is 2.35. The predicted octanol–water partition coefficient (Wildman–Crippen LogP) is 1.74. The first-order chi connectivity index (χ1) is 5.83. The highest BCUT2D eigenvalue weighted by atomic mass is 14.7. The standard InChI is InChI=1S/C9H7N3/c1-6-9-7(4-10)5-12-8(9)2-3-11-6/h2-3,5,12H,1H3. The van der Waals surface area contributed by atoms with E-state index < -0.39 is 0 Å². The Morgan fingerprint density at radius 1 is 1.58 bits per heavy atom. The summed E-state index contributed by atoms with van der Waals surface area (Å²) in [6, 6.07) is 3.98. The minimum atomic E-state index is 0.663. The van der Waals surface area contributed by atoms with Crippen molar-refractivity contribution in [2.45, 2.75) is 6.92 Å². The topological polar surface area (TPSA) is 52.5 Å². The van der Waals surface area contributed by atoms with Gasteiger partial charge in [0, 0.05) is 23.5 Å². The van der Waals surface area contributed by atoms with Crippen LogP contribution < -0.4 is 0 Å². The third-order valence-corrected chi connectivity index (χ3v) is 1.90. The monoisotopic (exact) mass is 157 g/mol. The Bertz CT molecular complexity index is 462. The molecule has 0 amide bonds. The number of aromatic nitrogens is 2. The molecule has 2 heterocycles. The van der Waals surface area contributed by atoms with Gasteiger partial charge in [-0.25, -0.2) is 0 Å². The number of hydrogen-bond acceptors (Lipinski definition) is 2. The summed E-state index contributed by atoms with van der Waals surface area (Å²) in [6.45, 7) is 1.90. The smallest absolute Gasteiger partial charge is 0.101 e. The maximum absolute atomic E-state index is 8.75. The van der Waals surface area contributed by atoms with E-state index in [9.17, 15) is 0 Å². The Hall–Kier alpha value is -1.82. The van der Waals surface area contributed by atoms with Gasteiger partial charge in [-0.3, -0.25) is 4.98 Å². The van der Waals surface area contributed by atoms with Gasteiger partial charge in [-0.15, -0.1) is 0 Å². The number of aryl methyl sites for hydroxylation is 1. The summed E-state index contributed by atoms with van der Waals surface area (Å²) in [5, 5.41) is 9.68. The van der Waals surface area contributed by atoms with Gasteiger partial charge in [0.25, 0.3) is 0 Å². The molecule has 0 radical (unpaired) electrons. The quantitative estimate of drug-likeness (QED) is 0.633. The van der Waals surface area contributed by atoms with E-state index in [1.54, 1.807) is 12.4 Å². The van der Waals surface area contributed by atoms with Crippen molar-refractivity contribution in [3.05, 3.63) is 29.7 Å². The Labute approximate surface area is 69.7 Å². The molecular weight excluding hydrogens is 150 g/mol. The van der Waals surface area contributed by atoms with Gasteiger partial charge in [-0.1, -0.05) is 0 Å². The fourth-order valence-electron chi connectivity index (χ4n) is 1.34. The van der Waals surface area contributed by atoms with Gasteiger partial charge < -0.3 is 4.98 Å². The zero-order valence-electron chi connectivity index (χ0n) is 6.63. The molecule has 12 heavy (non-hydrogen) atoms. The first-order valence-corrected chi connectivity index (χ1v) is 3.65. The van der Waals surface area contributed by atoms with E-state index >= 15 is 0 Å². The predicted molar refractivity (Wildman–Crippen MR) is 45.5 cm³/mol. The number of nitrogens with one attached hydrogen (secondary N) is 1. The van der Waals surface area contributed by atoms with Crippen LogP contribution in [0.4, 0.5) is 0 Å². The highest BCUT2D eigenvalue weighted by Crippen LogP contribution is 2.18. The summed E-state index contributed by atoms with van der Waals surface area (Å²) in [6.07, 6.45) is 3.44. The van der Waals surface area contributed by atoms with Gasteiger partial charge in [0.1, 0.15) is 6.07 Å². The van der Waals surface area contributed by atoms with Gasteiger partial charge in [-0.2, -0.15) is 5.26 Å². The molecule has 0 unspecified atom stereocenters. The normalized spacial score (nSPS) is 10.0. The maximum atomic E-state index is 8.75. The molecular formula is C9H7N3. The van der Waals surface area contributed by atoms with Crippen LogP contribution in [0.2, 0.25) is 0 Å². The van der Waals surface area contributed by atoms with E-state index in [0.29, 0.717) is 5.56 Å². The molecule has 0 saturated carbocycles. The highest BCUT2D eigenvalue weighted by molar-refractivity contribution is 5.87. The first kappa shape index (κ1) is 6.86. The fourth-order valence-corrected chi connectivity index (χ4v) is 1.34. The van der Waals surface area contributed by atoms with Crippen LogP contribution in [0.1, 0.15) is 11.3 Å². The fraction of sp³-hybridized carbons (Fsp3) is 0.111. The zero-order valence-corrected chi connectivity index (χ0v) is 6.63. The van der Waals surface area contributed by atoms with Crippen LogP contribution in [0.3, 0.4) is 0 Å². The second-order valence-corrected chi connectivity index (χ2v) is 2.63. The van der Waals surface area contributed by atoms with Gasteiger partial charge in [0.2, 0.25) is 0 Å². The third-order valence-electron chi connectivity index (χ3n) is 1.90. The molecule has 0 aromatic carbocycles. The van der Waals surface area contributed by atoms with Crippen LogP contribution in [-0.4, -0.2) is 9.97 Å². The summed E-state index contributed by atoms with van der Waals surface area (Å²) in [7, 11) is 0. The lowest BCUT2D eigenvalue weighted by Gasteiger charge is -1.93. The number of hydrogen-bond donors (Lipinski definition) is 1. The van der Waals surface area contributed by atoms with E-state index in [4.69, 9.17) is 5.26 Å². The van der Waals surface area contributed by atoms with Crippen LogP contribution in [0.5, 0.6) is 0 Å². The van der Waals surface area contributed by atoms with Crippen molar-refractivity contribution in [1.29, 1.82) is 5.26 Å². The molecule has 0 saturated heterocycles. The number of nitrogens with zero attached hydrogens (tertiary/aromatic N) is 2. The van der Waals surface area contributed by atoms with Crippen LogP contribution in [0, 0.1) is 18.3 Å². The molecule has 3 heteroatoms. The first-order valence-electron chi connectivity index (χ1n) is 3.65. The molecule has 2 aromatic rings. The molecule has 0 atom stereocenters. The number of pyridine rings is 1. The second-order valence-electron chi connectivity index (χ2n) is 2.63. The molecule has 0 bridgehead atoms. The number of nitriles is 1. The molecule has 0 aliphatic heterocycles. The molecule has 0 fully saturated rings. The van der Waals surface area contributed by atoms with Crippen molar-refractivity contribution in [2.24, 2.45) is 0 Å². The minimum Gasteiger partial charge on any atom is -0.360 e. The van der Waals surface area contributed by atoms with Gasteiger partial charge in [0.05, 0.1) is 11.1 Å². The lowest BCUT2D eigenvalue weighted by molar-refractivity contribution is 1.23. The number of fused-ring (bicyclic) bond motifs is 1. The van der Waals surface area contributed by atoms with E-state index in [2.05, 4.69) is 16.0 Å². The van der Waals surface area contributed by atoms with Crippen molar-refractivity contribution in [3.8, 4) is 6.07 Å².